The minimum atomic E-state index is -0.533. The molecule has 3 heterocycles. The Morgan fingerprint density at radius 1 is 1.09 bits per heavy atom. The number of rotatable bonds is 5. The van der Waals surface area contributed by atoms with Gasteiger partial charge in [0.15, 0.2) is 0 Å². The summed E-state index contributed by atoms with van der Waals surface area (Å²) in [6.45, 7) is 4.32. The summed E-state index contributed by atoms with van der Waals surface area (Å²) in [6.07, 6.45) is 6.42. The van der Waals surface area contributed by atoms with Crippen LogP contribution in [0.25, 0.3) is 22.1 Å². The Balaban J connectivity index is 1.15. The van der Waals surface area contributed by atoms with Crippen LogP contribution in [0.2, 0.25) is 0 Å². The van der Waals surface area contributed by atoms with Crippen LogP contribution in [-0.2, 0) is 9.59 Å². The highest BCUT2D eigenvalue weighted by molar-refractivity contribution is 6.17. The van der Waals surface area contributed by atoms with E-state index in [9.17, 15) is 9.59 Å². The molecule has 1 aromatic heterocycles. The van der Waals surface area contributed by atoms with Crippen LogP contribution in [0.5, 0.6) is 0 Å². The number of amidine groups is 1. The molecule has 2 aliphatic heterocycles. The molecular formula is C29H29N3O3. The minimum Gasteiger partial charge on any atom is -0.464 e. The van der Waals surface area contributed by atoms with Gasteiger partial charge in [0, 0.05) is 36.5 Å². The number of carbonyl (C=O) groups excluding carboxylic acids is 2. The van der Waals surface area contributed by atoms with Crippen molar-refractivity contribution < 1.29 is 14.0 Å². The fraction of sp³-hybridized carbons (Fsp3) is 0.414. The van der Waals surface area contributed by atoms with Crippen molar-refractivity contribution in [3.05, 3.63) is 59.9 Å². The van der Waals surface area contributed by atoms with E-state index in [-0.39, 0.29) is 11.8 Å². The molecule has 1 spiro atoms. The van der Waals surface area contributed by atoms with E-state index in [1.54, 1.807) is 6.26 Å². The highest BCUT2D eigenvalue weighted by atomic mass is 16.3. The van der Waals surface area contributed by atoms with E-state index in [2.05, 4.69) is 37.3 Å². The van der Waals surface area contributed by atoms with E-state index < -0.39 is 5.54 Å². The molecule has 4 aliphatic rings. The molecule has 0 radical (unpaired) electrons. The molecule has 0 unspecified atom stereocenters. The van der Waals surface area contributed by atoms with Crippen molar-refractivity contribution in [1.82, 2.24) is 9.80 Å². The van der Waals surface area contributed by atoms with E-state index in [4.69, 9.17) is 9.41 Å². The fourth-order valence-electron chi connectivity index (χ4n) is 5.75. The van der Waals surface area contributed by atoms with Crippen LogP contribution in [-0.4, -0.2) is 52.6 Å². The van der Waals surface area contributed by atoms with E-state index >= 15 is 0 Å². The topological polar surface area (TPSA) is 66.1 Å². The van der Waals surface area contributed by atoms with E-state index in [1.807, 2.05) is 21.9 Å². The Kier molecular flexibility index (Phi) is 4.51. The summed E-state index contributed by atoms with van der Waals surface area (Å²) in [4.78, 5) is 34.9. The number of likely N-dealkylation sites (tertiary alicyclic amines) is 1. The molecule has 6 nitrogen and oxygen atoms in total. The van der Waals surface area contributed by atoms with Gasteiger partial charge in [-0.15, -0.1) is 0 Å². The van der Waals surface area contributed by atoms with Gasteiger partial charge >= 0.3 is 0 Å². The quantitative estimate of drug-likeness (QED) is 0.542. The van der Waals surface area contributed by atoms with E-state index in [0.29, 0.717) is 18.4 Å². The normalized spacial score (nSPS) is 22.9. The van der Waals surface area contributed by atoms with Gasteiger partial charge in [0.1, 0.15) is 17.0 Å². The first-order chi connectivity index (χ1) is 17.0. The number of furan rings is 1. The predicted molar refractivity (Wildman–Crippen MR) is 134 cm³/mol. The SMILES string of the molecule is Cc1cc(-c2ccc3occc3c2)ccc1C1=NC2(CC2)C(=O)N1C[C@@H]1CCN(C(=O)C2CC2)C1. The molecule has 35 heavy (non-hydrogen) atoms. The van der Waals surface area contributed by atoms with Crippen LogP contribution in [0.4, 0.5) is 0 Å². The monoisotopic (exact) mass is 467 g/mol. The smallest absolute Gasteiger partial charge is 0.256 e. The first-order valence-corrected chi connectivity index (χ1v) is 12.8. The molecule has 2 aliphatic carbocycles. The summed E-state index contributed by atoms with van der Waals surface area (Å²) in [5.74, 6) is 1.83. The minimum absolute atomic E-state index is 0.147. The molecule has 6 heteroatoms. The summed E-state index contributed by atoms with van der Waals surface area (Å²) >= 11 is 0. The number of carbonyl (C=O) groups is 2. The molecule has 7 rings (SSSR count). The van der Waals surface area contributed by atoms with Crippen LogP contribution in [0.3, 0.4) is 0 Å². The Hall–Kier alpha value is -3.41. The molecule has 178 valence electrons. The highest BCUT2D eigenvalue weighted by Crippen LogP contribution is 2.46. The lowest BCUT2D eigenvalue weighted by Crippen LogP contribution is -2.41. The first-order valence-electron chi connectivity index (χ1n) is 12.8. The van der Waals surface area contributed by atoms with Gasteiger partial charge in [0.2, 0.25) is 5.91 Å². The van der Waals surface area contributed by atoms with Crippen molar-refractivity contribution in [3.63, 3.8) is 0 Å². The van der Waals surface area contributed by atoms with Crippen molar-refractivity contribution in [2.75, 3.05) is 19.6 Å². The number of nitrogens with zero attached hydrogens (tertiary/aromatic N) is 3. The average Bonchev–Trinajstić information content (AvgIpc) is 3.74. The molecule has 0 bridgehead atoms. The molecule has 2 saturated carbocycles. The van der Waals surface area contributed by atoms with Crippen LogP contribution in [0.1, 0.15) is 43.2 Å². The Labute approximate surface area is 204 Å². The molecule has 2 amide bonds. The molecule has 0 N–H and O–H groups in total. The third-order valence-electron chi connectivity index (χ3n) is 8.16. The first kappa shape index (κ1) is 20.9. The number of fused-ring (bicyclic) bond motifs is 1. The van der Waals surface area contributed by atoms with Gasteiger partial charge in [-0.25, -0.2) is 0 Å². The van der Waals surface area contributed by atoms with Crippen molar-refractivity contribution in [2.24, 2.45) is 16.8 Å². The van der Waals surface area contributed by atoms with Gasteiger partial charge in [0.05, 0.1) is 6.26 Å². The van der Waals surface area contributed by atoms with Crippen molar-refractivity contribution in [3.8, 4) is 11.1 Å². The summed E-state index contributed by atoms with van der Waals surface area (Å²) in [5.41, 5.74) is 4.77. The Morgan fingerprint density at radius 2 is 1.89 bits per heavy atom. The zero-order valence-electron chi connectivity index (χ0n) is 20.0. The second-order valence-corrected chi connectivity index (χ2v) is 10.8. The highest BCUT2D eigenvalue weighted by Gasteiger charge is 2.57. The summed E-state index contributed by atoms with van der Waals surface area (Å²) in [6, 6.07) is 14.6. The number of benzene rings is 2. The summed E-state index contributed by atoms with van der Waals surface area (Å²) in [7, 11) is 0. The van der Waals surface area contributed by atoms with Gasteiger partial charge < -0.3 is 9.32 Å². The van der Waals surface area contributed by atoms with Gasteiger partial charge in [-0.2, -0.15) is 0 Å². The number of amides is 2. The second-order valence-electron chi connectivity index (χ2n) is 10.8. The van der Waals surface area contributed by atoms with Gasteiger partial charge in [-0.1, -0.05) is 24.3 Å². The number of hydrogen-bond acceptors (Lipinski definition) is 4. The fourth-order valence-corrected chi connectivity index (χ4v) is 5.75. The summed E-state index contributed by atoms with van der Waals surface area (Å²) in [5, 5.41) is 1.09. The van der Waals surface area contributed by atoms with Crippen LogP contribution >= 0.6 is 0 Å². The largest absolute Gasteiger partial charge is 0.464 e. The van der Waals surface area contributed by atoms with Gasteiger partial charge in [-0.3, -0.25) is 19.5 Å². The van der Waals surface area contributed by atoms with Crippen molar-refractivity contribution >= 4 is 28.6 Å². The third kappa shape index (κ3) is 3.49. The third-order valence-corrected chi connectivity index (χ3v) is 8.16. The summed E-state index contributed by atoms with van der Waals surface area (Å²) < 4.78 is 5.48. The maximum absolute atomic E-state index is 13.4. The Morgan fingerprint density at radius 3 is 2.66 bits per heavy atom. The lowest BCUT2D eigenvalue weighted by atomic mass is 9.98. The van der Waals surface area contributed by atoms with E-state index in [1.165, 1.54) is 0 Å². The maximum Gasteiger partial charge on any atom is 0.256 e. The number of hydrogen-bond donors (Lipinski definition) is 0. The van der Waals surface area contributed by atoms with Gasteiger partial charge in [-0.05, 0) is 79.8 Å². The molecular weight excluding hydrogens is 438 g/mol. The average molecular weight is 468 g/mol. The zero-order valence-corrected chi connectivity index (χ0v) is 20.0. The molecule has 3 aromatic rings. The second kappa shape index (κ2) is 7.54. The van der Waals surface area contributed by atoms with Crippen LogP contribution in [0.15, 0.2) is 58.1 Å². The maximum atomic E-state index is 13.4. The van der Waals surface area contributed by atoms with Gasteiger partial charge in [0.25, 0.3) is 5.91 Å². The standard InChI is InChI=1S/C29H29N3O3/c1-18-14-21(22-5-7-25-23(15-22)9-13-35-25)4-6-24(18)26-30-29(10-11-29)28(34)32(26)17-19-8-12-31(16-19)27(33)20-2-3-20/h4-7,9,13-15,19-20H,2-3,8,10-12,16-17H2,1H3/t19-/m1/s1. The molecule has 1 saturated heterocycles. The molecule has 1 atom stereocenters. The molecule has 3 fully saturated rings. The number of aliphatic imine (C=N–C) groups is 1. The van der Waals surface area contributed by atoms with Crippen LogP contribution < -0.4 is 0 Å². The lowest BCUT2D eigenvalue weighted by Gasteiger charge is -2.24. The lowest BCUT2D eigenvalue weighted by molar-refractivity contribution is -0.131. The predicted octanol–water partition coefficient (Wildman–Crippen LogP) is 4.79. The van der Waals surface area contributed by atoms with Crippen molar-refractivity contribution in [2.45, 2.75) is 44.6 Å². The molecule has 2 aromatic carbocycles. The number of aryl methyl sites for hydroxylation is 1. The van der Waals surface area contributed by atoms with E-state index in [0.717, 1.165) is 84.3 Å². The van der Waals surface area contributed by atoms with Crippen LogP contribution in [0, 0.1) is 18.8 Å². The Bertz CT molecular complexity index is 1400. The van der Waals surface area contributed by atoms with Crippen molar-refractivity contribution in [1.29, 1.82) is 0 Å². The zero-order chi connectivity index (χ0) is 23.7.